The van der Waals surface area contributed by atoms with Crippen LogP contribution in [0.5, 0.6) is 0 Å². The van der Waals surface area contributed by atoms with E-state index in [0.29, 0.717) is 21.7 Å². The molecule has 0 bridgehead atoms. The van der Waals surface area contributed by atoms with Gasteiger partial charge in [-0.25, -0.2) is 14.0 Å². The first-order valence-corrected chi connectivity index (χ1v) is 8.81. The Morgan fingerprint density at radius 1 is 1.00 bits per heavy atom. The molecule has 1 aromatic heterocycles. The van der Waals surface area contributed by atoms with E-state index >= 15 is 0 Å². The first-order valence-electron chi connectivity index (χ1n) is 8.43. The summed E-state index contributed by atoms with van der Waals surface area (Å²) in [4.78, 5) is 24.4. The molecule has 0 saturated heterocycles. The summed E-state index contributed by atoms with van der Waals surface area (Å²) in [7, 11) is 0. The monoisotopic (exact) mass is 396 g/mol. The van der Waals surface area contributed by atoms with Crippen molar-refractivity contribution in [2.24, 2.45) is 0 Å². The Hall–Kier alpha value is -3.38. The Kier molecular flexibility index (Phi) is 4.49. The molecule has 0 atom stereocenters. The predicted molar refractivity (Wildman–Crippen MR) is 105 cm³/mol. The maximum absolute atomic E-state index is 14.3. The number of benzene rings is 3. The molecular formula is C21H14ClFN2O3. The van der Waals surface area contributed by atoms with Crippen LogP contribution in [-0.2, 0) is 6.54 Å². The molecular weight excluding hydrogens is 383 g/mol. The van der Waals surface area contributed by atoms with Crippen LogP contribution in [0.1, 0.15) is 15.9 Å². The third-order valence-corrected chi connectivity index (χ3v) is 4.76. The minimum Gasteiger partial charge on any atom is -0.478 e. The maximum Gasteiger partial charge on any atom is 0.335 e. The molecule has 0 fully saturated rings. The van der Waals surface area contributed by atoms with Crippen molar-refractivity contribution in [2.45, 2.75) is 6.54 Å². The van der Waals surface area contributed by atoms with Crippen LogP contribution < -0.4 is 5.69 Å². The molecule has 0 saturated carbocycles. The lowest BCUT2D eigenvalue weighted by Gasteiger charge is -2.06. The van der Waals surface area contributed by atoms with E-state index in [1.807, 2.05) is 18.2 Å². The zero-order valence-electron chi connectivity index (χ0n) is 14.5. The van der Waals surface area contributed by atoms with E-state index in [9.17, 15) is 14.0 Å². The number of nitrogens with zero attached hydrogens (tertiary/aromatic N) is 2. The SMILES string of the molecule is O=C(O)c1ccc(F)c(Cn2c(=O)n(-c3ccccc3)c3cc(Cl)ccc32)c1. The lowest BCUT2D eigenvalue weighted by molar-refractivity contribution is 0.0696. The standard InChI is InChI=1S/C21H14ClFN2O3/c22-15-7-9-18-19(11-15)25(16-4-2-1-3-5-16)21(28)24(18)12-14-10-13(20(26)27)6-8-17(14)23/h1-11H,12H2,(H,26,27). The maximum atomic E-state index is 14.3. The highest BCUT2D eigenvalue weighted by Crippen LogP contribution is 2.23. The molecule has 7 heteroatoms. The zero-order valence-corrected chi connectivity index (χ0v) is 15.2. The van der Waals surface area contributed by atoms with Crippen molar-refractivity contribution in [3.8, 4) is 5.69 Å². The molecule has 0 aliphatic heterocycles. The van der Waals surface area contributed by atoms with Crippen molar-refractivity contribution in [3.05, 3.63) is 99.2 Å². The van der Waals surface area contributed by atoms with E-state index in [4.69, 9.17) is 16.7 Å². The van der Waals surface area contributed by atoms with Gasteiger partial charge in [-0.3, -0.25) is 9.13 Å². The summed E-state index contributed by atoms with van der Waals surface area (Å²) < 4.78 is 17.2. The minimum absolute atomic E-state index is 0.0423. The number of carboxylic acid groups (broad SMARTS) is 1. The van der Waals surface area contributed by atoms with Crippen molar-refractivity contribution in [2.75, 3.05) is 0 Å². The Morgan fingerprint density at radius 3 is 2.46 bits per heavy atom. The van der Waals surface area contributed by atoms with Crippen LogP contribution in [0.2, 0.25) is 5.02 Å². The number of halogens is 2. The molecule has 1 heterocycles. The van der Waals surface area contributed by atoms with Crippen molar-refractivity contribution in [1.82, 2.24) is 9.13 Å². The molecule has 1 N–H and O–H groups in total. The average Bonchev–Trinajstić information content (AvgIpc) is 2.94. The predicted octanol–water partition coefficient (Wildman–Crippen LogP) is 4.33. The van der Waals surface area contributed by atoms with E-state index < -0.39 is 11.8 Å². The molecule has 3 aromatic carbocycles. The number of aromatic carboxylic acids is 1. The second-order valence-electron chi connectivity index (χ2n) is 6.28. The second kappa shape index (κ2) is 6.98. The summed E-state index contributed by atoms with van der Waals surface area (Å²) in [5, 5.41) is 9.63. The van der Waals surface area contributed by atoms with E-state index in [-0.39, 0.29) is 23.4 Å². The average molecular weight is 397 g/mol. The summed E-state index contributed by atoms with van der Waals surface area (Å²) in [6.07, 6.45) is 0. The molecule has 140 valence electrons. The third kappa shape index (κ3) is 3.08. The second-order valence-corrected chi connectivity index (χ2v) is 6.72. The number of imidazole rings is 1. The molecule has 4 aromatic rings. The number of carboxylic acids is 1. The van der Waals surface area contributed by atoms with E-state index in [1.54, 1.807) is 30.3 Å². The van der Waals surface area contributed by atoms with E-state index in [2.05, 4.69) is 0 Å². The fourth-order valence-electron chi connectivity index (χ4n) is 3.21. The van der Waals surface area contributed by atoms with Gasteiger partial charge >= 0.3 is 11.7 Å². The van der Waals surface area contributed by atoms with Crippen LogP contribution in [0.4, 0.5) is 4.39 Å². The van der Waals surface area contributed by atoms with Crippen LogP contribution in [-0.4, -0.2) is 20.2 Å². The molecule has 0 aliphatic carbocycles. The quantitative estimate of drug-likeness (QED) is 0.558. The van der Waals surface area contributed by atoms with Crippen LogP contribution in [0.3, 0.4) is 0 Å². The Bertz CT molecular complexity index is 1260. The number of rotatable bonds is 4. The smallest absolute Gasteiger partial charge is 0.335 e. The fourth-order valence-corrected chi connectivity index (χ4v) is 3.38. The Labute approximate surface area is 163 Å². The number of para-hydroxylation sites is 1. The summed E-state index contributed by atoms with van der Waals surface area (Å²) in [5.41, 5.74) is 1.50. The summed E-state index contributed by atoms with van der Waals surface area (Å²) in [5.74, 6) is -1.74. The molecule has 0 spiro atoms. The Balaban J connectivity index is 1.94. The number of aromatic nitrogens is 2. The van der Waals surface area contributed by atoms with Crippen LogP contribution in [0, 0.1) is 5.82 Å². The molecule has 5 nitrogen and oxygen atoms in total. The normalized spacial score (nSPS) is 11.1. The highest BCUT2D eigenvalue weighted by Gasteiger charge is 2.17. The molecule has 0 aliphatic rings. The molecule has 4 rings (SSSR count). The van der Waals surface area contributed by atoms with Gasteiger partial charge < -0.3 is 5.11 Å². The summed E-state index contributed by atoms with van der Waals surface area (Å²) >= 11 is 6.13. The minimum atomic E-state index is -1.16. The van der Waals surface area contributed by atoms with Gasteiger partial charge in [-0.05, 0) is 48.5 Å². The highest BCUT2D eigenvalue weighted by molar-refractivity contribution is 6.31. The van der Waals surface area contributed by atoms with Crippen LogP contribution in [0.15, 0.2) is 71.5 Å². The first kappa shape index (κ1) is 18.0. The number of fused-ring (bicyclic) bond motifs is 1. The lowest BCUT2D eigenvalue weighted by atomic mass is 10.1. The van der Waals surface area contributed by atoms with Gasteiger partial charge in [0.15, 0.2) is 0 Å². The van der Waals surface area contributed by atoms with Gasteiger partial charge in [-0.2, -0.15) is 0 Å². The van der Waals surface area contributed by atoms with Crippen LogP contribution >= 0.6 is 11.6 Å². The largest absolute Gasteiger partial charge is 0.478 e. The van der Waals surface area contributed by atoms with Gasteiger partial charge in [0, 0.05) is 10.6 Å². The van der Waals surface area contributed by atoms with Crippen molar-refractivity contribution < 1.29 is 14.3 Å². The van der Waals surface area contributed by atoms with Gasteiger partial charge in [-0.1, -0.05) is 29.8 Å². The topological polar surface area (TPSA) is 64.2 Å². The van der Waals surface area contributed by atoms with Gasteiger partial charge in [0.1, 0.15) is 5.82 Å². The summed E-state index contributed by atoms with van der Waals surface area (Å²) in [6.45, 7) is -0.107. The van der Waals surface area contributed by atoms with Gasteiger partial charge in [0.05, 0.1) is 28.8 Å². The van der Waals surface area contributed by atoms with Crippen molar-refractivity contribution in [3.63, 3.8) is 0 Å². The van der Waals surface area contributed by atoms with E-state index in [1.165, 1.54) is 21.3 Å². The van der Waals surface area contributed by atoms with E-state index in [0.717, 1.165) is 6.07 Å². The van der Waals surface area contributed by atoms with Crippen molar-refractivity contribution in [1.29, 1.82) is 0 Å². The van der Waals surface area contributed by atoms with Gasteiger partial charge in [0.2, 0.25) is 0 Å². The number of carbonyl (C=O) groups is 1. The van der Waals surface area contributed by atoms with Gasteiger partial charge in [-0.15, -0.1) is 0 Å². The Morgan fingerprint density at radius 2 is 1.75 bits per heavy atom. The molecule has 0 radical (unpaired) electrons. The summed E-state index contributed by atoms with van der Waals surface area (Å²) in [6, 6.07) is 17.6. The van der Waals surface area contributed by atoms with Gasteiger partial charge in [0.25, 0.3) is 0 Å². The fraction of sp³-hybridized carbons (Fsp3) is 0.0476. The molecule has 28 heavy (non-hydrogen) atoms. The molecule has 0 unspecified atom stereocenters. The van der Waals surface area contributed by atoms with Crippen LogP contribution in [0.25, 0.3) is 16.7 Å². The third-order valence-electron chi connectivity index (χ3n) is 4.53. The zero-order chi connectivity index (χ0) is 19.8. The number of hydrogen-bond donors (Lipinski definition) is 1. The lowest BCUT2D eigenvalue weighted by Crippen LogP contribution is -2.24. The van der Waals surface area contributed by atoms with Crippen molar-refractivity contribution >= 4 is 28.6 Å². The first-order chi connectivity index (χ1) is 13.5. The highest BCUT2D eigenvalue weighted by atomic mass is 35.5. The number of hydrogen-bond acceptors (Lipinski definition) is 2. The molecule has 0 amide bonds.